The minimum Gasteiger partial charge on any atom is -0.462 e. The summed E-state index contributed by atoms with van der Waals surface area (Å²) in [4.78, 5) is 12.7. The molecule has 1 aromatic rings. The van der Waals surface area contributed by atoms with E-state index >= 15 is 0 Å². The fourth-order valence-corrected chi connectivity index (χ4v) is 9.89. The Morgan fingerprint density at radius 2 is 1.76 bits per heavy atom. The highest BCUT2D eigenvalue weighted by atomic mass is 16.5. The lowest BCUT2D eigenvalue weighted by Gasteiger charge is -2.58. The van der Waals surface area contributed by atoms with Crippen LogP contribution >= 0.6 is 0 Å². The van der Waals surface area contributed by atoms with Crippen molar-refractivity contribution in [2.75, 3.05) is 0 Å². The van der Waals surface area contributed by atoms with Gasteiger partial charge in [0.05, 0.1) is 0 Å². The number of carbonyl (C=O) groups excluding carboxylic acids is 1. The minimum absolute atomic E-state index is 0.0234. The van der Waals surface area contributed by atoms with Crippen molar-refractivity contribution >= 4 is 5.97 Å². The maximum Gasteiger partial charge on any atom is 0.306 e. The molecule has 8 atom stereocenters. The first-order valence-corrected chi connectivity index (χ1v) is 16.1. The van der Waals surface area contributed by atoms with E-state index < -0.39 is 0 Å². The van der Waals surface area contributed by atoms with E-state index in [0.717, 1.165) is 54.8 Å². The first-order valence-electron chi connectivity index (χ1n) is 16.1. The van der Waals surface area contributed by atoms with E-state index in [-0.39, 0.29) is 12.1 Å². The van der Waals surface area contributed by atoms with Gasteiger partial charge in [-0.15, -0.1) is 0 Å². The number of esters is 1. The zero-order valence-electron chi connectivity index (χ0n) is 25.0. The third-order valence-electron chi connectivity index (χ3n) is 12.0. The fourth-order valence-electron chi connectivity index (χ4n) is 9.89. The molecule has 5 rings (SSSR count). The predicted molar refractivity (Wildman–Crippen MR) is 158 cm³/mol. The summed E-state index contributed by atoms with van der Waals surface area (Å²) >= 11 is 0. The second-order valence-electron chi connectivity index (χ2n) is 14.6. The Morgan fingerprint density at radius 1 is 0.974 bits per heavy atom. The predicted octanol–water partition coefficient (Wildman–Crippen LogP) is 9.57. The lowest BCUT2D eigenvalue weighted by molar-refractivity contribution is -0.151. The van der Waals surface area contributed by atoms with Crippen molar-refractivity contribution in [2.45, 2.75) is 124 Å². The van der Waals surface area contributed by atoms with Gasteiger partial charge in [0.1, 0.15) is 6.10 Å². The van der Waals surface area contributed by atoms with Crippen LogP contribution in [0.15, 0.2) is 42.0 Å². The number of aryl methyl sites for hydroxylation is 1. The number of rotatable bonds is 9. The second kappa shape index (κ2) is 11.5. The molecule has 0 amide bonds. The lowest BCUT2D eigenvalue weighted by atomic mass is 9.47. The van der Waals surface area contributed by atoms with Crippen LogP contribution in [0.3, 0.4) is 0 Å². The van der Waals surface area contributed by atoms with Gasteiger partial charge in [-0.25, -0.2) is 0 Å². The number of hydrogen-bond acceptors (Lipinski definition) is 2. The van der Waals surface area contributed by atoms with Gasteiger partial charge >= 0.3 is 5.97 Å². The normalized spacial score (nSPS) is 37.1. The molecule has 0 radical (unpaired) electrons. The molecule has 0 N–H and O–H groups in total. The monoisotopic (exact) mass is 518 g/mol. The summed E-state index contributed by atoms with van der Waals surface area (Å²) < 4.78 is 6.04. The van der Waals surface area contributed by atoms with Crippen LogP contribution in [0.2, 0.25) is 0 Å². The lowest BCUT2D eigenvalue weighted by Crippen LogP contribution is -2.51. The Bertz CT molecular complexity index is 978. The van der Waals surface area contributed by atoms with E-state index in [9.17, 15) is 4.79 Å². The second-order valence-corrected chi connectivity index (χ2v) is 14.6. The molecule has 38 heavy (non-hydrogen) atoms. The number of benzene rings is 1. The van der Waals surface area contributed by atoms with Crippen molar-refractivity contribution < 1.29 is 9.53 Å². The third-order valence-corrected chi connectivity index (χ3v) is 12.0. The van der Waals surface area contributed by atoms with Crippen LogP contribution in [-0.2, 0) is 16.0 Å². The molecule has 0 aliphatic heterocycles. The van der Waals surface area contributed by atoms with E-state index in [1.165, 1.54) is 63.4 Å². The molecule has 2 nitrogen and oxygen atoms in total. The highest BCUT2D eigenvalue weighted by Crippen LogP contribution is 2.67. The van der Waals surface area contributed by atoms with Gasteiger partial charge in [0.15, 0.2) is 0 Å². The average Bonchev–Trinajstić information content (AvgIpc) is 3.25. The molecule has 210 valence electrons. The van der Waals surface area contributed by atoms with Gasteiger partial charge in [0.2, 0.25) is 0 Å². The highest BCUT2D eigenvalue weighted by molar-refractivity contribution is 5.70. The van der Waals surface area contributed by atoms with Crippen molar-refractivity contribution in [3.63, 3.8) is 0 Å². The number of hydrogen-bond donors (Lipinski definition) is 0. The highest BCUT2D eigenvalue weighted by Gasteiger charge is 2.59. The molecule has 0 spiro atoms. The van der Waals surface area contributed by atoms with Gasteiger partial charge in [0, 0.05) is 12.8 Å². The minimum atomic E-state index is -0.0234. The van der Waals surface area contributed by atoms with E-state index in [1.54, 1.807) is 5.57 Å². The standard InChI is InChI=1S/C36H54O2/c1-25(2)10-9-11-26(3)31-17-18-32-30-16-15-28-24-29(38-34(37)19-14-27-12-7-6-8-13-27)20-22-35(28,4)33(30)21-23-36(31,32)5/h6-8,12-13,15,25-26,29-33H,9-11,14,16-24H2,1-5H3/t26-,29+,30-,31+,32-,33-,35+,36-/m1/s1. The maximum atomic E-state index is 12.7. The van der Waals surface area contributed by atoms with Crippen LogP contribution in [0.5, 0.6) is 0 Å². The molecular weight excluding hydrogens is 464 g/mol. The van der Waals surface area contributed by atoms with Crippen molar-refractivity contribution in [2.24, 2.45) is 46.3 Å². The van der Waals surface area contributed by atoms with Gasteiger partial charge in [-0.1, -0.05) is 95.9 Å². The summed E-state index contributed by atoms with van der Waals surface area (Å²) in [6, 6.07) is 10.3. The molecule has 3 fully saturated rings. The van der Waals surface area contributed by atoms with Gasteiger partial charge < -0.3 is 4.74 Å². The topological polar surface area (TPSA) is 26.3 Å². The molecular formula is C36H54O2. The van der Waals surface area contributed by atoms with Crippen LogP contribution in [-0.4, -0.2) is 12.1 Å². The molecule has 0 unspecified atom stereocenters. The van der Waals surface area contributed by atoms with Crippen molar-refractivity contribution in [1.29, 1.82) is 0 Å². The molecule has 0 bridgehead atoms. The fraction of sp³-hybridized carbons (Fsp3) is 0.750. The molecule has 1 aromatic carbocycles. The zero-order valence-corrected chi connectivity index (χ0v) is 25.0. The number of ether oxygens (including phenoxy) is 1. The zero-order chi connectivity index (χ0) is 26.9. The molecule has 0 heterocycles. The average molecular weight is 519 g/mol. The molecule has 0 saturated heterocycles. The summed E-state index contributed by atoms with van der Waals surface area (Å²) in [7, 11) is 0. The van der Waals surface area contributed by atoms with Gasteiger partial charge in [-0.2, -0.15) is 0 Å². The smallest absolute Gasteiger partial charge is 0.306 e. The first-order chi connectivity index (χ1) is 18.2. The van der Waals surface area contributed by atoms with Crippen LogP contribution in [0, 0.1) is 46.3 Å². The van der Waals surface area contributed by atoms with Crippen LogP contribution in [0.25, 0.3) is 0 Å². The van der Waals surface area contributed by atoms with Gasteiger partial charge in [0.25, 0.3) is 0 Å². The summed E-state index contributed by atoms with van der Waals surface area (Å²) in [5.41, 5.74) is 3.69. The van der Waals surface area contributed by atoms with E-state index in [0.29, 0.717) is 17.3 Å². The first kappa shape index (κ1) is 28.0. The quantitative estimate of drug-likeness (QED) is 0.240. The van der Waals surface area contributed by atoms with Crippen LogP contribution in [0.1, 0.15) is 117 Å². The molecule has 0 aromatic heterocycles. The summed E-state index contributed by atoms with van der Waals surface area (Å²) in [6.07, 6.45) is 18.4. The van der Waals surface area contributed by atoms with E-state index in [4.69, 9.17) is 4.74 Å². The Labute approximate surface area is 233 Å². The van der Waals surface area contributed by atoms with Crippen molar-refractivity contribution in [3.05, 3.63) is 47.5 Å². The van der Waals surface area contributed by atoms with Crippen LogP contribution in [0.4, 0.5) is 0 Å². The van der Waals surface area contributed by atoms with Crippen LogP contribution < -0.4 is 0 Å². The summed E-state index contributed by atoms with van der Waals surface area (Å²) in [6.45, 7) is 12.6. The molecule has 4 aliphatic rings. The van der Waals surface area contributed by atoms with E-state index in [2.05, 4.69) is 52.8 Å². The number of allylic oxidation sites excluding steroid dienone is 1. The SMILES string of the molecule is CC(C)CCC[C@@H](C)[C@@H]1CC[C@@H]2[C@H]3CC=C4C[C@@H](OC(=O)CCc5ccccc5)CC[C@]4(C)[C@@H]3CC[C@@]21C. The number of fused-ring (bicyclic) bond motifs is 5. The number of carbonyl (C=O) groups is 1. The Morgan fingerprint density at radius 3 is 2.53 bits per heavy atom. The van der Waals surface area contributed by atoms with Gasteiger partial charge in [-0.05, 0) is 103 Å². The van der Waals surface area contributed by atoms with Crippen molar-refractivity contribution in [1.82, 2.24) is 0 Å². The molecule has 4 aliphatic carbocycles. The maximum absolute atomic E-state index is 12.7. The molecule has 2 heteroatoms. The Kier molecular flexibility index (Phi) is 8.47. The molecule has 3 saturated carbocycles. The Balaban J connectivity index is 1.19. The third kappa shape index (κ3) is 5.53. The summed E-state index contributed by atoms with van der Waals surface area (Å²) in [5, 5.41) is 0. The van der Waals surface area contributed by atoms with Gasteiger partial charge in [-0.3, -0.25) is 4.79 Å². The Hall–Kier alpha value is -1.57. The van der Waals surface area contributed by atoms with Crippen molar-refractivity contribution in [3.8, 4) is 0 Å². The largest absolute Gasteiger partial charge is 0.462 e. The van der Waals surface area contributed by atoms with E-state index in [1.807, 2.05) is 18.2 Å². The summed E-state index contributed by atoms with van der Waals surface area (Å²) in [5.74, 6) is 5.20.